The van der Waals surface area contributed by atoms with Gasteiger partial charge in [-0.15, -0.1) is 0 Å². The Bertz CT molecular complexity index is 327. The van der Waals surface area contributed by atoms with Crippen LogP contribution in [-0.4, -0.2) is 36.6 Å². The summed E-state index contributed by atoms with van der Waals surface area (Å²) in [5.41, 5.74) is 0. The van der Waals surface area contributed by atoms with Crippen LogP contribution >= 0.6 is 0 Å². The van der Waals surface area contributed by atoms with Crippen molar-refractivity contribution in [2.75, 3.05) is 26.2 Å². The van der Waals surface area contributed by atoms with Gasteiger partial charge in [-0.1, -0.05) is 0 Å². The number of amides is 1. The lowest BCUT2D eigenvalue weighted by molar-refractivity contribution is -0.915. The molecule has 1 aromatic heterocycles. The number of rotatable bonds is 7. The zero-order chi connectivity index (χ0) is 12.7. The fourth-order valence-corrected chi connectivity index (χ4v) is 1.97. The van der Waals surface area contributed by atoms with Crippen LogP contribution in [0.25, 0.3) is 0 Å². The first kappa shape index (κ1) is 17.4. The molecular formula is C13H23IN2O2. The number of hydrogen-bond acceptors (Lipinski definition) is 2. The molecule has 0 aliphatic heterocycles. The largest absolute Gasteiger partial charge is 1.00 e. The summed E-state index contributed by atoms with van der Waals surface area (Å²) < 4.78 is 6.01. The summed E-state index contributed by atoms with van der Waals surface area (Å²) in [5, 5.41) is 2.89. The minimum atomic E-state index is 0. The van der Waals surface area contributed by atoms with E-state index in [4.69, 9.17) is 4.42 Å². The Hall–Kier alpha value is -0.560. The number of quaternary nitrogens is 1. The molecule has 0 unspecified atom stereocenters. The third-order valence-electron chi connectivity index (χ3n) is 3.53. The predicted molar refractivity (Wildman–Crippen MR) is 67.3 cm³/mol. The number of carbonyl (C=O) groups excluding carboxylic acids is 1. The van der Waals surface area contributed by atoms with Crippen LogP contribution in [0.3, 0.4) is 0 Å². The number of nitrogens with zero attached hydrogens (tertiary/aromatic N) is 1. The van der Waals surface area contributed by atoms with Crippen LogP contribution in [0.5, 0.6) is 0 Å². The average Bonchev–Trinajstić information content (AvgIpc) is 2.87. The van der Waals surface area contributed by atoms with E-state index in [1.165, 1.54) is 0 Å². The first-order valence-corrected chi connectivity index (χ1v) is 6.30. The second-order valence-corrected chi connectivity index (χ2v) is 4.30. The maximum atomic E-state index is 11.9. The molecule has 0 saturated carbocycles. The number of halogens is 1. The van der Waals surface area contributed by atoms with Gasteiger partial charge in [0, 0.05) is 0 Å². The van der Waals surface area contributed by atoms with E-state index in [1.54, 1.807) is 6.26 Å². The van der Waals surface area contributed by atoms with E-state index in [0.717, 1.165) is 29.9 Å². The summed E-state index contributed by atoms with van der Waals surface area (Å²) in [7, 11) is 0. The molecule has 104 valence electrons. The van der Waals surface area contributed by atoms with Gasteiger partial charge in [-0.25, -0.2) is 0 Å². The van der Waals surface area contributed by atoms with Crippen LogP contribution in [0, 0.1) is 0 Å². The van der Waals surface area contributed by atoms with Gasteiger partial charge >= 0.3 is 0 Å². The summed E-state index contributed by atoms with van der Waals surface area (Å²) in [5.74, 6) is 0.882. The Morgan fingerprint density at radius 2 is 1.89 bits per heavy atom. The number of likely N-dealkylation sites (N-methyl/N-ethyl adjacent to an activating group) is 1. The van der Waals surface area contributed by atoms with E-state index in [2.05, 4.69) is 26.1 Å². The summed E-state index contributed by atoms with van der Waals surface area (Å²) in [6.45, 7) is 10.4. The molecule has 0 atom stereocenters. The maximum Gasteiger partial charge on any atom is 0.275 e. The average molecular weight is 366 g/mol. The molecule has 1 N–H and O–H groups in total. The Balaban J connectivity index is 0.00000289. The fourth-order valence-electron chi connectivity index (χ4n) is 1.97. The number of furan rings is 1. The first-order chi connectivity index (χ1) is 8.15. The molecule has 0 aliphatic rings. The van der Waals surface area contributed by atoms with Crippen LogP contribution in [0.4, 0.5) is 0 Å². The van der Waals surface area contributed by atoms with Gasteiger partial charge < -0.3 is 38.2 Å². The topological polar surface area (TPSA) is 42.2 Å². The van der Waals surface area contributed by atoms with E-state index < -0.39 is 0 Å². The lowest BCUT2D eigenvalue weighted by Gasteiger charge is -2.34. The molecule has 0 aliphatic carbocycles. The molecular weight excluding hydrogens is 343 g/mol. The minimum absolute atomic E-state index is 0. The lowest BCUT2D eigenvalue weighted by atomic mass is 10.3. The van der Waals surface area contributed by atoms with Gasteiger partial charge in [-0.05, 0) is 32.9 Å². The van der Waals surface area contributed by atoms with Crippen molar-refractivity contribution in [3.8, 4) is 0 Å². The fraction of sp³-hybridized carbons (Fsp3) is 0.615. The third-order valence-corrected chi connectivity index (χ3v) is 3.53. The molecule has 0 radical (unpaired) electrons. The van der Waals surface area contributed by atoms with Gasteiger partial charge in [0.2, 0.25) is 0 Å². The SMILES string of the molecule is CC[N+](CC)(CC)CC(=O)NCc1ccco1.[I-]. The van der Waals surface area contributed by atoms with Gasteiger partial charge in [-0.2, -0.15) is 0 Å². The van der Waals surface area contributed by atoms with Crippen LogP contribution in [0.1, 0.15) is 26.5 Å². The second-order valence-electron chi connectivity index (χ2n) is 4.30. The van der Waals surface area contributed by atoms with Gasteiger partial charge in [-0.3, -0.25) is 4.79 Å². The summed E-state index contributed by atoms with van der Waals surface area (Å²) >= 11 is 0. The molecule has 0 spiro atoms. The minimum Gasteiger partial charge on any atom is -1.00 e. The van der Waals surface area contributed by atoms with Crippen molar-refractivity contribution in [3.63, 3.8) is 0 Å². The zero-order valence-electron chi connectivity index (χ0n) is 11.4. The van der Waals surface area contributed by atoms with E-state index in [-0.39, 0.29) is 29.9 Å². The normalized spacial score (nSPS) is 10.8. The highest BCUT2D eigenvalue weighted by Crippen LogP contribution is 2.05. The van der Waals surface area contributed by atoms with Crippen molar-refractivity contribution in [1.29, 1.82) is 0 Å². The van der Waals surface area contributed by atoms with Crippen LogP contribution < -0.4 is 29.3 Å². The van der Waals surface area contributed by atoms with E-state index in [1.807, 2.05) is 12.1 Å². The van der Waals surface area contributed by atoms with Gasteiger partial charge in [0.1, 0.15) is 5.76 Å². The highest BCUT2D eigenvalue weighted by molar-refractivity contribution is 5.77. The van der Waals surface area contributed by atoms with E-state index in [9.17, 15) is 4.79 Å². The molecule has 18 heavy (non-hydrogen) atoms. The van der Waals surface area contributed by atoms with Crippen molar-refractivity contribution >= 4 is 5.91 Å². The molecule has 0 fully saturated rings. The first-order valence-electron chi connectivity index (χ1n) is 6.30. The number of carbonyl (C=O) groups is 1. The molecule has 0 bridgehead atoms. The summed E-state index contributed by atoms with van der Waals surface area (Å²) in [6.07, 6.45) is 1.62. The summed E-state index contributed by atoms with van der Waals surface area (Å²) in [4.78, 5) is 11.9. The molecule has 0 saturated heterocycles. The van der Waals surface area contributed by atoms with Gasteiger partial charge in [0.15, 0.2) is 6.54 Å². The molecule has 1 heterocycles. The van der Waals surface area contributed by atoms with Gasteiger partial charge in [0.05, 0.1) is 32.4 Å². The Morgan fingerprint density at radius 3 is 2.33 bits per heavy atom. The molecule has 4 nitrogen and oxygen atoms in total. The molecule has 1 aromatic rings. The lowest BCUT2D eigenvalue weighted by Crippen LogP contribution is -3.00. The predicted octanol–water partition coefficient (Wildman–Crippen LogP) is -1.22. The van der Waals surface area contributed by atoms with E-state index in [0.29, 0.717) is 13.1 Å². The zero-order valence-corrected chi connectivity index (χ0v) is 13.6. The highest BCUT2D eigenvalue weighted by Gasteiger charge is 2.24. The van der Waals surface area contributed by atoms with Crippen molar-refractivity contribution in [1.82, 2.24) is 5.32 Å². The number of hydrogen-bond donors (Lipinski definition) is 1. The monoisotopic (exact) mass is 366 g/mol. The van der Waals surface area contributed by atoms with Crippen LogP contribution in [-0.2, 0) is 11.3 Å². The molecule has 0 aromatic carbocycles. The second kappa shape index (κ2) is 8.53. The van der Waals surface area contributed by atoms with Gasteiger partial charge in [0.25, 0.3) is 5.91 Å². The van der Waals surface area contributed by atoms with Crippen molar-refractivity contribution in [2.45, 2.75) is 27.3 Å². The summed E-state index contributed by atoms with van der Waals surface area (Å²) in [6, 6.07) is 3.69. The van der Waals surface area contributed by atoms with Crippen molar-refractivity contribution < 1.29 is 37.7 Å². The number of nitrogens with one attached hydrogen (secondary N) is 1. The highest BCUT2D eigenvalue weighted by atomic mass is 127. The third kappa shape index (κ3) is 4.97. The van der Waals surface area contributed by atoms with E-state index >= 15 is 0 Å². The Morgan fingerprint density at radius 1 is 1.28 bits per heavy atom. The smallest absolute Gasteiger partial charge is 0.275 e. The maximum absolute atomic E-state index is 11.9. The van der Waals surface area contributed by atoms with Crippen molar-refractivity contribution in [3.05, 3.63) is 24.2 Å². The molecule has 5 heteroatoms. The Labute approximate surface area is 126 Å². The standard InChI is InChI=1S/C13H22N2O2.HI/c1-4-15(5-2,6-3)11-13(16)14-10-12-8-7-9-17-12;/h7-9H,4-6,10-11H2,1-3H3;1H. The molecule has 1 amide bonds. The molecule has 1 rings (SSSR count). The van der Waals surface area contributed by atoms with Crippen LogP contribution in [0.15, 0.2) is 22.8 Å². The quantitative estimate of drug-likeness (QED) is 0.486. The van der Waals surface area contributed by atoms with Crippen molar-refractivity contribution in [2.24, 2.45) is 0 Å². The Kier molecular flexibility index (Phi) is 8.26. The van der Waals surface area contributed by atoms with Crippen LogP contribution in [0.2, 0.25) is 0 Å².